The van der Waals surface area contributed by atoms with E-state index in [4.69, 9.17) is 9.47 Å². The SMILES string of the molecule is CN(C1CCCNCC1)C1CCOC2(CCOC2)C1. The Labute approximate surface area is 116 Å². The largest absolute Gasteiger partial charge is 0.378 e. The number of ether oxygens (including phenoxy) is 2. The van der Waals surface area contributed by atoms with Gasteiger partial charge in [0.1, 0.15) is 0 Å². The lowest BCUT2D eigenvalue weighted by Gasteiger charge is -2.43. The minimum Gasteiger partial charge on any atom is -0.378 e. The molecule has 3 atom stereocenters. The van der Waals surface area contributed by atoms with Crippen molar-refractivity contribution in [2.75, 3.05) is 40.0 Å². The Balaban J connectivity index is 1.60. The van der Waals surface area contributed by atoms with Gasteiger partial charge in [0.15, 0.2) is 0 Å². The summed E-state index contributed by atoms with van der Waals surface area (Å²) in [4.78, 5) is 2.65. The zero-order valence-corrected chi connectivity index (χ0v) is 12.2. The van der Waals surface area contributed by atoms with Gasteiger partial charge in [0.2, 0.25) is 0 Å². The minimum atomic E-state index is 0.0418. The van der Waals surface area contributed by atoms with Crippen LogP contribution in [-0.2, 0) is 9.47 Å². The smallest absolute Gasteiger partial charge is 0.0951 e. The average molecular weight is 268 g/mol. The highest BCUT2D eigenvalue weighted by molar-refractivity contribution is 4.94. The average Bonchev–Trinajstić information content (AvgIpc) is 2.72. The van der Waals surface area contributed by atoms with Crippen molar-refractivity contribution in [3.05, 3.63) is 0 Å². The molecule has 0 aromatic carbocycles. The van der Waals surface area contributed by atoms with Gasteiger partial charge in [-0.25, -0.2) is 0 Å². The van der Waals surface area contributed by atoms with E-state index in [-0.39, 0.29) is 5.60 Å². The van der Waals surface area contributed by atoms with Crippen LogP contribution in [0.4, 0.5) is 0 Å². The molecule has 3 rings (SSSR count). The van der Waals surface area contributed by atoms with Gasteiger partial charge in [0.05, 0.1) is 12.2 Å². The van der Waals surface area contributed by atoms with Crippen molar-refractivity contribution in [1.82, 2.24) is 10.2 Å². The summed E-state index contributed by atoms with van der Waals surface area (Å²) in [5.74, 6) is 0. The first-order valence-corrected chi connectivity index (χ1v) is 7.93. The van der Waals surface area contributed by atoms with Gasteiger partial charge in [-0.3, -0.25) is 0 Å². The van der Waals surface area contributed by atoms with Gasteiger partial charge in [-0.1, -0.05) is 0 Å². The van der Waals surface area contributed by atoms with Crippen LogP contribution in [0.25, 0.3) is 0 Å². The van der Waals surface area contributed by atoms with Gasteiger partial charge in [0, 0.05) is 31.7 Å². The van der Waals surface area contributed by atoms with Crippen LogP contribution in [0.3, 0.4) is 0 Å². The van der Waals surface area contributed by atoms with Gasteiger partial charge in [0.25, 0.3) is 0 Å². The number of nitrogens with one attached hydrogen (secondary N) is 1. The molecule has 19 heavy (non-hydrogen) atoms. The van der Waals surface area contributed by atoms with Crippen LogP contribution in [0.5, 0.6) is 0 Å². The second kappa shape index (κ2) is 6.08. The van der Waals surface area contributed by atoms with E-state index in [1.807, 2.05) is 0 Å². The Morgan fingerprint density at radius 3 is 2.89 bits per heavy atom. The summed E-state index contributed by atoms with van der Waals surface area (Å²) >= 11 is 0. The molecule has 110 valence electrons. The highest BCUT2D eigenvalue weighted by atomic mass is 16.6. The molecule has 3 unspecified atom stereocenters. The van der Waals surface area contributed by atoms with Gasteiger partial charge in [-0.2, -0.15) is 0 Å². The van der Waals surface area contributed by atoms with E-state index in [1.54, 1.807) is 0 Å². The van der Waals surface area contributed by atoms with Crippen molar-refractivity contribution in [2.45, 2.75) is 56.2 Å². The quantitative estimate of drug-likeness (QED) is 0.821. The summed E-state index contributed by atoms with van der Waals surface area (Å²) in [6, 6.07) is 1.43. The summed E-state index contributed by atoms with van der Waals surface area (Å²) in [5, 5.41) is 3.51. The molecule has 3 saturated heterocycles. The molecule has 1 N–H and O–H groups in total. The highest BCUT2D eigenvalue weighted by Crippen LogP contribution is 2.35. The van der Waals surface area contributed by atoms with Crippen LogP contribution in [0.1, 0.15) is 38.5 Å². The number of hydrogen-bond donors (Lipinski definition) is 1. The zero-order chi connectivity index (χ0) is 13.1. The Hall–Kier alpha value is -0.160. The first-order chi connectivity index (χ1) is 9.29. The molecule has 0 bridgehead atoms. The maximum Gasteiger partial charge on any atom is 0.0951 e. The van der Waals surface area contributed by atoms with Gasteiger partial charge in [-0.15, -0.1) is 0 Å². The summed E-state index contributed by atoms with van der Waals surface area (Å²) in [7, 11) is 2.33. The molecule has 3 aliphatic rings. The molecule has 1 spiro atoms. The van der Waals surface area contributed by atoms with E-state index in [9.17, 15) is 0 Å². The van der Waals surface area contributed by atoms with Crippen molar-refractivity contribution < 1.29 is 9.47 Å². The fourth-order valence-corrected chi connectivity index (χ4v) is 3.92. The first-order valence-electron chi connectivity index (χ1n) is 7.93. The van der Waals surface area contributed by atoms with Crippen LogP contribution in [0, 0.1) is 0 Å². The fraction of sp³-hybridized carbons (Fsp3) is 1.00. The molecule has 0 amide bonds. The summed E-state index contributed by atoms with van der Waals surface area (Å²) in [5.41, 5.74) is 0.0418. The number of hydrogen-bond acceptors (Lipinski definition) is 4. The van der Waals surface area contributed by atoms with E-state index in [0.717, 1.165) is 38.7 Å². The maximum absolute atomic E-state index is 6.05. The third kappa shape index (κ3) is 3.13. The molecule has 0 aromatic rings. The predicted molar refractivity (Wildman–Crippen MR) is 75.4 cm³/mol. The number of nitrogens with zero attached hydrogens (tertiary/aromatic N) is 1. The summed E-state index contributed by atoms with van der Waals surface area (Å²) < 4.78 is 11.6. The van der Waals surface area contributed by atoms with Gasteiger partial charge >= 0.3 is 0 Å². The second-order valence-electron chi connectivity index (χ2n) is 6.48. The van der Waals surface area contributed by atoms with E-state index in [2.05, 4.69) is 17.3 Å². The van der Waals surface area contributed by atoms with Crippen molar-refractivity contribution in [3.8, 4) is 0 Å². The summed E-state index contributed by atoms with van der Waals surface area (Å²) in [6.45, 7) is 4.96. The fourth-order valence-electron chi connectivity index (χ4n) is 3.92. The molecule has 0 aliphatic carbocycles. The Morgan fingerprint density at radius 1 is 1.11 bits per heavy atom. The molecule has 4 nitrogen and oxygen atoms in total. The molecule has 3 aliphatic heterocycles. The van der Waals surface area contributed by atoms with Crippen molar-refractivity contribution >= 4 is 0 Å². The summed E-state index contributed by atoms with van der Waals surface area (Å²) in [6.07, 6.45) is 7.37. The Kier molecular flexibility index (Phi) is 4.42. The molecular weight excluding hydrogens is 240 g/mol. The maximum atomic E-state index is 6.05. The van der Waals surface area contributed by atoms with E-state index < -0.39 is 0 Å². The van der Waals surface area contributed by atoms with Crippen LogP contribution in [0.2, 0.25) is 0 Å². The third-order valence-corrected chi connectivity index (χ3v) is 5.23. The van der Waals surface area contributed by atoms with Gasteiger partial charge < -0.3 is 19.7 Å². The van der Waals surface area contributed by atoms with Gasteiger partial charge in [-0.05, 0) is 52.2 Å². The topological polar surface area (TPSA) is 33.7 Å². The predicted octanol–water partition coefficient (Wildman–Crippen LogP) is 1.40. The molecule has 4 heteroatoms. The highest BCUT2D eigenvalue weighted by Gasteiger charge is 2.42. The molecule has 3 fully saturated rings. The lowest BCUT2D eigenvalue weighted by Crippen LogP contribution is -2.50. The first kappa shape index (κ1) is 13.8. The lowest BCUT2D eigenvalue weighted by molar-refractivity contribution is -0.108. The van der Waals surface area contributed by atoms with E-state index in [1.165, 1.54) is 38.8 Å². The van der Waals surface area contributed by atoms with Crippen molar-refractivity contribution in [1.29, 1.82) is 0 Å². The van der Waals surface area contributed by atoms with Crippen LogP contribution < -0.4 is 5.32 Å². The van der Waals surface area contributed by atoms with Crippen LogP contribution in [-0.4, -0.2) is 62.5 Å². The van der Waals surface area contributed by atoms with Crippen LogP contribution in [0.15, 0.2) is 0 Å². The second-order valence-corrected chi connectivity index (χ2v) is 6.48. The Morgan fingerprint density at radius 2 is 2.05 bits per heavy atom. The van der Waals surface area contributed by atoms with E-state index >= 15 is 0 Å². The minimum absolute atomic E-state index is 0.0418. The van der Waals surface area contributed by atoms with Crippen molar-refractivity contribution in [3.63, 3.8) is 0 Å². The lowest BCUT2D eigenvalue weighted by atomic mass is 9.88. The molecule has 3 heterocycles. The van der Waals surface area contributed by atoms with Crippen LogP contribution >= 0.6 is 0 Å². The Bertz CT molecular complexity index is 284. The monoisotopic (exact) mass is 268 g/mol. The zero-order valence-electron chi connectivity index (χ0n) is 12.2. The normalized spacial score (nSPS) is 40.7. The molecule has 0 saturated carbocycles. The standard InChI is InChI=1S/C15H28N2O2/c1-17(13-3-2-7-16-8-4-13)14-5-9-19-15(11-14)6-10-18-12-15/h13-14,16H,2-12H2,1H3. The molecule has 0 aromatic heterocycles. The third-order valence-electron chi connectivity index (χ3n) is 5.23. The molecule has 0 radical (unpaired) electrons. The number of rotatable bonds is 2. The van der Waals surface area contributed by atoms with E-state index in [0.29, 0.717) is 6.04 Å². The molecular formula is C15H28N2O2. The van der Waals surface area contributed by atoms with Crippen molar-refractivity contribution in [2.24, 2.45) is 0 Å².